The van der Waals surface area contributed by atoms with Crippen LogP contribution >= 0.6 is 11.6 Å². The van der Waals surface area contributed by atoms with E-state index < -0.39 is 23.2 Å². The number of fused-ring (bicyclic) bond motifs is 1. The van der Waals surface area contributed by atoms with Crippen molar-refractivity contribution in [2.45, 2.75) is 24.8 Å². The van der Waals surface area contributed by atoms with Crippen molar-refractivity contribution in [2.75, 3.05) is 0 Å². The first-order valence-corrected chi connectivity index (χ1v) is 12.9. The zero-order valence-electron chi connectivity index (χ0n) is 21.0. The third-order valence-electron chi connectivity index (χ3n) is 7.16. The fourth-order valence-electron chi connectivity index (χ4n) is 4.94. The van der Waals surface area contributed by atoms with E-state index in [2.05, 4.69) is 10.3 Å². The summed E-state index contributed by atoms with van der Waals surface area (Å²) in [6, 6.07) is 18.8. The molecule has 1 saturated carbocycles. The second kappa shape index (κ2) is 9.88. The van der Waals surface area contributed by atoms with Gasteiger partial charge in [-0.3, -0.25) is 14.6 Å². The third-order valence-corrected chi connectivity index (χ3v) is 7.47. The number of nitrogens with one attached hydrogen (secondary N) is 1. The highest BCUT2D eigenvalue weighted by molar-refractivity contribution is 6.33. The molecule has 0 spiro atoms. The summed E-state index contributed by atoms with van der Waals surface area (Å²) in [7, 11) is 0. The van der Waals surface area contributed by atoms with Gasteiger partial charge < -0.3 is 15.5 Å². The van der Waals surface area contributed by atoms with E-state index in [1.807, 2.05) is 12.1 Å². The maximum absolute atomic E-state index is 15.0. The van der Waals surface area contributed by atoms with Gasteiger partial charge in [-0.25, -0.2) is 8.78 Å². The minimum Gasteiger partial charge on any atom is -0.460 e. The Morgan fingerprint density at radius 2 is 1.80 bits per heavy atom. The van der Waals surface area contributed by atoms with Crippen molar-refractivity contribution in [3.8, 4) is 11.1 Å². The molecular weight excluding hydrogens is 536 g/mol. The standard InChI is InChI=1S/C31H22ClF2N3O3/c32-23-16-24(34)21(30(39)37-31(10-11-31)27-3-1-2-12-36-27)15-20(23)18-6-9-25-22(14-18)28(29(35)38)26(40-25)13-17-4-7-19(33)8-5-17/h1-9,12,14-16H,10-11,13H2,(H2,35,38)(H,37,39). The number of carbonyl (C=O) groups is 2. The fraction of sp³-hybridized carbons (Fsp3) is 0.129. The number of hydrogen-bond donors (Lipinski definition) is 2. The van der Waals surface area contributed by atoms with E-state index in [-0.39, 0.29) is 28.4 Å². The Kier molecular flexibility index (Phi) is 6.35. The molecule has 3 N–H and O–H groups in total. The Balaban J connectivity index is 1.36. The number of pyridine rings is 1. The SMILES string of the molecule is NC(=O)c1c(Cc2ccc(F)cc2)oc2ccc(-c3cc(C(=O)NC4(c5ccccn5)CC4)c(F)cc3Cl)cc12. The van der Waals surface area contributed by atoms with Crippen LogP contribution in [-0.4, -0.2) is 16.8 Å². The van der Waals surface area contributed by atoms with Gasteiger partial charge in [0.1, 0.15) is 23.0 Å². The summed E-state index contributed by atoms with van der Waals surface area (Å²) < 4.78 is 34.3. The number of primary amides is 1. The molecule has 2 aromatic heterocycles. The number of halogens is 3. The zero-order chi connectivity index (χ0) is 28.0. The zero-order valence-corrected chi connectivity index (χ0v) is 21.8. The first-order valence-electron chi connectivity index (χ1n) is 12.6. The Labute approximate surface area is 232 Å². The van der Waals surface area contributed by atoms with Crippen LogP contribution in [0.3, 0.4) is 0 Å². The molecule has 1 aliphatic rings. The molecule has 1 aliphatic carbocycles. The van der Waals surface area contributed by atoms with Crippen LogP contribution < -0.4 is 11.1 Å². The van der Waals surface area contributed by atoms with Gasteiger partial charge in [0.25, 0.3) is 11.8 Å². The topological polar surface area (TPSA) is 98.2 Å². The number of hydrogen-bond acceptors (Lipinski definition) is 4. The molecule has 1 fully saturated rings. The highest BCUT2D eigenvalue weighted by Crippen LogP contribution is 2.45. The van der Waals surface area contributed by atoms with E-state index in [1.54, 1.807) is 42.6 Å². The molecule has 0 aliphatic heterocycles. The highest BCUT2D eigenvalue weighted by Gasteiger charge is 2.47. The van der Waals surface area contributed by atoms with Crippen LogP contribution in [0.5, 0.6) is 0 Å². The van der Waals surface area contributed by atoms with Gasteiger partial charge in [-0.2, -0.15) is 0 Å². The number of amides is 2. The molecule has 6 rings (SSSR count). The number of aromatic nitrogens is 1. The van der Waals surface area contributed by atoms with Crippen LogP contribution in [0.15, 0.2) is 83.4 Å². The molecule has 5 aromatic rings. The molecule has 9 heteroatoms. The van der Waals surface area contributed by atoms with Gasteiger partial charge in [-0.15, -0.1) is 0 Å². The molecule has 6 nitrogen and oxygen atoms in total. The number of benzene rings is 3. The summed E-state index contributed by atoms with van der Waals surface area (Å²) >= 11 is 6.43. The Morgan fingerprint density at radius 1 is 1.02 bits per heavy atom. The summed E-state index contributed by atoms with van der Waals surface area (Å²) in [6.45, 7) is 0. The van der Waals surface area contributed by atoms with Gasteiger partial charge in [-0.05, 0) is 72.5 Å². The average Bonchev–Trinajstić information content (AvgIpc) is 3.62. The van der Waals surface area contributed by atoms with Gasteiger partial charge >= 0.3 is 0 Å². The van der Waals surface area contributed by atoms with Crippen LogP contribution in [0.2, 0.25) is 5.02 Å². The summed E-state index contributed by atoms with van der Waals surface area (Å²) in [5.74, 6) is -2.07. The summed E-state index contributed by atoms with van der Waals surface area (Å²) in [6.07, 6.45) is 3.28. The number of furan rings is 1. The van der Waals surface area contributed by atoms with Crippen molar-refractivity contribution >= 4 is 34.4 Å². The number of rotatable bonds is 7. The lowest BCUT2D eigenvalue weighted by Gasteiger charge is -2.18. The monoisotopic (exact) mass is 557 g/mol. The molecule has 0 atom stereocenters. The van der Waals surface area contributed by atoms with E-state index in [1.165, 1.54) is 18.2 Å². The van der Waals surface area contributed by atoms with Crippen molar-refractivity contribution in [1.82, 2.24) is 10.3 Å². The molecule has 0 radical (unpaired) electrons. The predicted molar refractivity (Wildman–Crippen MR) is 147 cm³/mol. The third kappa shape index (κ3) is 4.71. The lowest BCUT2D eigenvalue weighted by Crippen LogP contribution is -2.36. The van der Waals surface area contributed by atoms with Crippen LogP contribution in [0.1, 0.15) is 50.6 Å². The number of nitrogens with zero attached hydrogens (tertiary/aromatic N) is 1. The lowest BCUT2D eigenvalue weighted by atomic mass is 9.98. The van der Waals surface area contributed by atoms with E-state index in [9.17, 15) is 18.4 Å². The van der Waals surface area contributed by atoms with Crippen LogP contribution in [0.4, 0.5) is 8.78 Å². The van der Waals surface area contributed by atoms with E-state index in [0.717, 1.165) is 17.3 Å². The minimum atomic E-state index is -0.758. The quantitative estimate of drug-likeness (QED) is 0.237. The van der Waals surface area contributed by atoms with Gasteiger partial charge in [0.05, 0.1) is 27.4 Å². The smallest absolute Gasteiger partial charge is 0.255 e. The van der Waals surface area contributed by atoms with Crippen molar-refractivity contribution in [1.29, 1.82) is 0 Å². The summed E-state index contributed by atoms with van der Waals surface area (Å²) in [4.78, 5) is 30.0. The molecule has 2 heterocycles. The first kappa shape index (κ1) is 25.7. The van der Waals surface area contributed by atoms with Crippen LogP contribution in [0, 0.1) is 11.6 Å². The molecule has 0 bridgehead atoms. The molecule has 3 aromatic carbocycles. The van der Waals surface area contributed by atoms with Gasteiger partial charge in [-0.1, -0.05) is 35.9 Å². The minimum absolute atomic E-state index is 0.0925. The summed E-state index contributed by atoms with van der Waals surface area (Å²) in [5.41, 5.74) is 7.92. The molecule has 0 unspecified atom stereocenters. The Morgan fingerprint density at radius 3 is 2.48 bits per heavy atom. The highest BCUT2D eigenvalue weighted by atomic mass is 35.5. The second-order valence-corrected chi connectivity index (χ2v) is 10.2. The van der Waals surface area contributed by atoms with Gasteiger partial charge in [0.15, 0.2) is 0 Å². The average molecular weight is 558 g/mol. The normalized spacial score (nSPS) is 13.8. The maximum atomic E-state index is 15.0. The molecule has 2 amide bonds. The van der Waals surface area contributed by atoms with Crippen molar-refractivity contribution in [3.05, 3.63) is 124 Å². The van der Waals surface area contributed by atoms with Gasteiger partial charge in [0.2, 0.25) is 0 Å². The Hall–Kier alpha value is -4.56. The first-order chi connectivity index (χ1) is 19.2. The van der Waals surface area contributed by atoms with Crippen molar-refractivity contribution in [2.24, 2.45) is 5.73 Å². The number of carbonyl (C=O) groups excluding carboxylic acids is 2. The molecule has 40 heavy (non-hydrogen) atoms. The van der Waals surface area contributed by atoms with E-state index in [4.69, 9.17) is 21.8 Å². The fourth-order valence-corrected chi connectivity index (χ4v) is 5.20. The molecule has 0 saturated heterocycles. The predicted octanol–water partition coefficient (Wildman–Crippen LogP) is 6.54. The van der Waals surface area contributed by atoms with Crippen LogP contribution in [0.25, 0.3) is 22.1 Å². The van der Waals surface area contributed by atoms with E-state index >= 15 is 0 Å². The van der Waals surface area contributed by atoms with Crippen molar-refractivity contribution < 1.29 is 22.8 Å². The van der Waals surface area contributed by atoms with Gasteiger partial charge in [0, 0.05) is 23.6 Å². The largest absolute Gasteiger partial charge is 0.460 e. The maximum Gasteiger partial charge on any atom is 0.255 e. The Bertz CT molecular complexity index is 1780. The molecule has 200 valence electrons. The second-order valence-electron chi connectivity index (χ2n) is 9.84. The lowest BCUT2D eigenvalue weighted by molar-refractivity contribution is 0.0924. The van der Waals surface area contributed by atoms with E-state index in [0.29, 0.717) is 40.7 Å². The summed E-state index contributed by atoms with van der Waals surface area (Å²) in [5, 5.41) is 3.48. The van der Waals surface area contributed by atoms with Crippen LogP contribution in [-0.2, 0) is 12.0 Å². The molecular formula is C31H22ClF2N3O3. The van der Waals surface area contributed by atoms with Crippen molar-refractivity contribution in [3.63, 3.8) is 0 Å². The number of nitrogens with two attached hydrogens (primary N) is 1.